The molecule has 0 fully saturated rings. The summed E-state index contributed by atoms with van der Waals surface area (Å²) in [5.74, 6) is -0.195. The molecule has 0 radical (unpaired) electrons. The van der Waals surface area contributed by atoms with Crippen LogP contribution in [0.2, 0.25) is 0 Å². The predicted molar refractivity (Wildman–Crippen MR) is 62.3 cm³/mol. The number of nitro groups is 1. The van der Waals surface area contributed by atoms with Crippen LogP contribution in [0.4, 0.5) is 10.1 Å². The zero-order valence-corrected chi connectivity index (χ0v) is 10.8. The highest BCUT2D eigenvalue weighted by atomic mass is 35.7. The quantitative estimate of drug-likeness (QED) is 0.472. The number of hydrogen-bond donors (Lipinski definition) is 0. The van der Waals surface area contributed by atoms with Gasteiger partial charge in [0.25, 0.3) is 9.05 Å². The third kappa shape index (κ3) is 3.30. The van der Waals surface area contributed by atoms with E-state index in [4.69, 9.17) is 15.4 Å². The number of benzene rings is 1. The van der Waals surface area contributed by atoms with Crippen molar-refractivity contribution >= 4 is 25.4 Å². The minimum Gasteiger partial charge on any atom is -0.484 e. The topological polar surface area (TPSA) is 86.5 Å². The van der Waals surface area contributed by atoms with Gasteiger partial charge in [0.1, 0.15) is 13.3 Å². The summed E-state index contributed by atoms with van der Waals surface area (Å²) in [7, 11) is 1.06. The van der Waals surface area contributed by atoms with Crippen molar-refractivity contribution in [2.24, 2.45) is 0 Å². The highest BCUT2D eigenvalue weighted by Gasteiger charge is 2.23. The maximum atomic E-state index is 12.0. The second-order valence-electron chi connectivity index (χ2n) is 3.32. The Morgan fingerprint density at radius 2 is 2.11 bits per heavy atom. The van der Waals surface area contributed by atoms with Crippen LogP contribution in [0.25, 0.3) is 0 Å². The van der Waals surface area contributed by atoms with E-state index in [9.17, 15) is 22.9 Å². The molecule has 0 N–H and O–H groups in total. The Morgan fingerprint density at radius 3 is 2.56 bits per heavy atom. The predicted octanol–water partition coefficient (Wildman–Crippen LogP) is 2.18. The fourth-order valence-corrected chi connectivity index (χ4v) is 2.51. The molecule has 1 aromatic carbocycles. The molecule has 0 aliphatic rings. The van der Waals surface area contributed by atoms with Gasteiger partial charge in [0.05, 0.1) is 9.82 Å². The number of ether oxygens (including phenoxy) is 1. The molecule has 100 valence electrons. The van der Waals surface area contributed by atoms with Crippen LogP contribution in [0.5, 0.6) is 5.75 Å². The number of rotatable bonds is 5. The van der Waals surface area contributed by atoms with Gasteiger partial charge in [0.15, 0.2) is 5.75 Å². The van der Waals surface area contributed by atoms with E-state index in [0.29, 0.717) is 0 Å². The smallest absolute Gasteiger partial charge is 0.312 e. The largest absolute Gasteiger partial charge is 0.484 e. The lowest BCUT2D eigenvalue weighted by Gasteiger charge is -2.08. The van der Waals surface area contributed by atoms with Crippen LogP contribution in [0.15, 0.2) is 17.0 Å². The van der Waals surface area contributed by atoms with E-state index in [0.717, 1.165) is 12.1 Å². The first kappa shape index (κ1) is 14.7. The normalized spacial score (nSPS) is 11.3. The molecular weight excluding hydrogens is 289 g/mol. The van der Waals surface area contributed by atoms with Gasteiger partial charge in [-0.2, -0.15) is 0 Å². The van der Waals surface area contributed by atoms with Gasteiger partial charge in [-0.1, -0.05) is 0 Å². The van der Waals surface area contributed by atoms with Gasteiger partial charge in [-0.05, 0) is 18.6 Å². The first-order valence-electron chi connectivity index (χ1n) is 4.70. The Kier molecular flexibility index (Phi) is 4.47. The maximum absolute atomic E-state index is 12.0. The lowest BCUT2D eigenvalue weighted by Crippen LogP contribution is -2.04. The van der Waals surface area contributed by atoms with Crippen molar-refractivity contribution in [1.82, 2.24) is 0 Å². The Balaban J connectivity index is 3.39. The first-order valence-corrected chi connectivity index (χ1v) is 7.00. The summed E-state index contributed by atoms with van der Waals surface area (Å²) in [5, 5.41) is 10.8. The van der Waals surface area contributed by atoms with Gasteiger partial charge in [0, 0.05) is 16.7 Å². The molecular formula is C9H9ClFNO5S. The Morgan fingerprint density at radius 1 is 1.50 bits per heavy atom. The Labute approximate surface area is 107 Å². The summed E-state index contributed by atoms with van der Waals surface area (Å²) in [6.07, 6.45) is 0. The minimum atomic E-state index is -4.09. The van der Waals surface area contributed by atoms with E-state index in [1.807, 2.05) is 0 Å². The molecule has 1 aromatic rings. The fraction of sp³-hybridized carbons (Fsp3) is 0.333. The molecule has 0 atom stereocenters. The van der Waals surface area contributed by atoms with E-state index < -0.39 is 26.3 Å². The second-order valence-corrected chi connectivity index (χ2v) is 5.85. The van der Waals surface area contributed by atoms with Crippen molar-refractivity contribution in [2.45, 2.75) is 11.8 Å². The average Bonchev–Trinajstić information content (AvgIpc) is 2.23. The van der Waals surface area contributed by atoms with E-state index in [1.165, 1.54) is 6.92 Å². The summed E-state index contributed by atoms with van der Waals surface area (Å²) < 4.78 is 39.2. The molecule has 0 spiro atoms. The van der Waals surface area contributed by atoms with Crippen LogP contribution >= 0.6 is 10.7 Å². The number of hydrogen-bond acceptors (Lipinski definition) is 5. The van der Waals surface area contributed by atoms with E-state index >= 15 is 0 Å². The number of alkyl halides is 1. The summed E-state index contributed by atoms with van der Waals surface area (Å²) >= 11 is 0. The number of aryl methyl sites for hydroxylation is 1. The van der Waals surface area contributed by atoms with E-state index in [-0.39, 0.29) is 22.8 Å². The van der Waals surface area contributed by atoms with Crippen molar-refractivity contribution in [3.8, 4) is 5.75 Å². The maximum Gasteiger partial charge on any atom is 0.312 e. The van der Waals surface area contributed by atoms with Crippen molar-refractivity contribution < 1.29 is 22.5 Å². The zero-order valence-electron chi connectivity index (χ0n) is 9.22. The standard InChI is InChI=1S/C9H9ClFNO5S/c1-6-4-8(17-3-2-11)7(12(13)14)5-9(6)18(10,15)16/h4-5H,2-3H2,1H3. The number of halogens is 2. The van der Waals surface area contributed by atoms with Gasteiger partial charge in [-0.25, -0.2) is 12.8 Å². The third-order valence-corrected chi connectivity index (χ3v) is 3.51. The SMILES string of the molecule is Cc1cc(OCCF)c([N+](=O)[O-])cc1S(=O)(=O)Cl. The molecule has 0 unspecified atom stereocenters. The average molecular weight is 298 g/mol. The Hall–Kier alpha value is -1.41. The molecule has 0 aromatic heterocycles. The number of nitrogens with zero attached hydrogens (tertiary/aromatic N) is 1. The highest BCUT2D eigenvalue weighted by Crippen LogP contribution is 2.33. The highest BCUT2D eigenvalue weighted by molar-refractivity contribution is 8.13. The molecule has 9 heteroatoms. The van der Waals surface area contributed by atoms with Crippen molar-refractivity contribution in [3.05, 3.63) is 27.8 Å². The lowest BCUT2D eigenvalue weighted by molar-refractivity contribution is -0.386. The van der Waals surface area contributed by atoms with Crippen LogP contribution in [-0.4, -0.2) is 26.6 Å². The van der Waals surface area contributed by atoms with Crippen LogP contribution < -0.4 is 4.74 Å². The number of nitro benzene ring substituents is 1. The first-order chi connectivity index (χ1) is 8.27. The Bertz CT molecular complexity index is 575. The minimum absolute atomic E-state index is 0.185. The lowest BCUT2D eigenvalue weighted by atomic mass is 10.2. The molecule has 0 saturated carbocycles. The van der Waals surface area contributed by atoms with E-state index in [1.54, 1.807) is 0 Å². The van der Waals surface area contributed by atoms with Crippen LogP contribution in [0, 0.1) is 17.0 Å². The van der Waals surface area contributed by atoms with Gasteiger partial charge in [-0.15, -0.1) is 0 Å². The van der Waals surface area contributed by atoms with E-state index in [2.05, 4.69) is 0 Å². The zero-order chi connectivity index (χ0) is 13.9. The molecule has 1 rings (SSSR count). The second kappa shape index (κ2) is 5.49. The van der Waals surface area contributed by atoms with Crippen LogP contribution in [0.3, 0.4) is 0 Å². The molecule has 0 aliphatic carbocycles. The fourth-order valence-electron chi connectivity index (χ4n) is 1.32. The molecule has 6 nitrogen and oxygen atoms in total. The van der Waals surface area contributed by atoms with Crippen molar-refractivity contribution in [2.75, 3.05) is 13.3 Å². The molecule has 0 saturated heterocycles. The van der Waals surface area contributed by atoms with Gasteiger partial charge in [-0.3, -0.25) is 10.1 Å². The van der Waals surface area contributed by atoms with Crippen molar-refractivity contribution in [1.29, 1.82) is 0 Å². The summed E-state index contributed by atoms with van der Waals surface area (Å²) in [6.45, 7) is 0.236. The van der Waals surface area contributed by atoms with Crippen LogP contribution in [-0.2, 0) is 9.05 Å². The molecule has 0 amide bonds. The summed E-state index contributed by atoms with van der Waals surface area (Å²) in [5.41, 5.74) is -0.391. The van der Waals surface area contributed by atoms with Gasteiger partial charge >= 0.3 is 5.69 Å². The molecule has 0 aliphatic heterocycles. The molecule has 0 heterocycles. The van der Waals surface area contributed by atoms with Crippen LogP contribution in [0.1, 0.15) is 5.56 Å². The molecule has 18 heavy (non-hydrogen) atoms. The summed E-state index contributed by atoms with van der Waals surface area (Å²) in [4.78, 5) is 9.58. The summed E-state index contributed by atoms with van der Waals surface area (Å²) in [6, 6.07) is 1.94. The third-order valence-electron chi connectivity index (χ3n) is 2.05. The van der Waals surface area contributed by atoms with Crippen molar-refractivity contribution in [3.63, 3.8) is 0 Å². The van der Waals surface area contributed by atoms with Gasteiger partial charge < -0.3 is 4.74 Å². The monoisotopic (exact) mass is 297 g/mol. The van der Waals surface area contributed by atoms with Gasteiger partial charge in [0.2, 0.25) is 0 Å². The molecule has 0 bridgehead atoms.